The van der Waals surface area contributed by atoms with Gasteiger partial charge in [-0.1, -0.05) is 18.3 Å². The molecule has 1 fully saturated rings. The lowest BCUT2D eigenvalue weighted by Crippen LogP contribution is -2.42. The predicted octanol–water partition coefficient (Wildman–Crippen LogP) is 3.60. The van der Waals surface area contributed by atoms with Crippen molar-refractivity contribution in [2.75, 3.05) is 23.3 Å². The van der Waals surface area contributed by atoms with E-state index in [2.05, 4.69) is 25.2 Å². The summed E-state index contributed by atoms with van der Waals surface area (Å²) in [6.07, 6.45) is 0.773. The van der Waals surface area contributed by atoms with Crippen LogP contribution in [0.4, 0.5) is 24.1 Å². The molecule has 1 N–H and O–H groups in total. The lowest BCUT2D eigenvalue weighted by atomic mass is 10.1. The van der Waals surface area contributed by atoms with Gasteiger partial charge in [0.25, 0.3) is 0 Å². The molecule has 3 rings (SSSR count). The minimum atomic E-state index is -4.34. The Morgan fingerprint density at radius 1 is 1.33 bits per heavy atom. The van der Waals surface area contributed by atoms with Crippen LogP contribution < -0.4 is 10.2 Å². The van der Waals surface area contributed by atoms with E-state index in [1.807, 2.05) is 13.0 Å². The average Bonchev–Trinajstić information content (AvgIpc) is 3.04. The highest BCUT2D eigenvalue weighted by atomic mass is 32.1. The fraction of sp³-hybridized carbons (Fsp3) is 0.533. The first-order chi connectivity index (χ1) is 11.5. The molecule has 3 heterocycles. The largest absolute Gasteiger partial charge is 0.427 e. The van der Waals surface area contributed by atoms with E-state index in [1.165, 1.54) is 0 Å². The highest BCUT2D eigenvalue weighted by Gasteiger charge is 2.33. The van der Waals surface area contributed by atoms with Crippen LogP contribution in [0.15, 0.2) is 18.6 Å². The Hall–Kier alpha value is -1.90. The monoisotopic (exact) mass is 357 g/mol. The number of halogens is 3. The molecule has 24 heavy (non-hydrogen) atoms. The average molecular weight is 357 g/mol. The normalized spacial score (nSPS) is 18.7. The first kappa shape index (κ1) is 16.9. The Morgan fingerprint density at radius 3 is 2.88 bits per heavy atom. The van der Waals surface area contributed by atoms with Crippen molar-refractivity contribution < 1.29 is 13.2 Å². The number of alkyl halides is 3. The zero-order valence-corrected chi connectivity index (χ0v) is 14.0. The lowest BCUT2D eigenvalue weighted by Gasteiger charge is -2.34. The summed E-state index contributed by atoms with van der Waals surface area (Å²) in [4.78, 5) is 13.8. The number of anilines is 2. The van der Waals surface area contributed by atoms with E-state index in [4.69, 9.17) is 0 Å². The second-order valence-electron chi connectivity index (χ2n) is 5.68. The van der Waals surface area contributed by atoms with Gasteiger partial charge in [0.1, 0.15) is 17.0 Å². The fourth-order valence-electron chi connectivity index (χ4n) is 2.70. The number of rotatable bonds is 4. The van der Waals surface area contributed by atoms with Gasteiger partial charge >= 0.3 is 6.18 Å². The zero-order valence-electron chi connectivity index (χ0n) is 13.2. The number of nitrogens with zero attached hydrogens (tertiary/aromatic N) is 4. The molecule has 1 aliphatic rings. The number of aromatic nitrogens is 3. The van der Waals surface area contributed by atoms with Gasteiger partial charge in [-0.15, -0.1) is 0 Å². The van der Waals surface area contributed by atoms with Crippen LogP contribution in [0.5, 0.6) is 0 Å². The minimum absolute atomic E-state index is 0.0472. The van der Waals surface area contributed by atoms with Gasteiger partial charge in [-0.3, -0.25) is 0 Å². The van der Waals surface area contributed by atoms with Crippen molar-refractivity contribution in [2.24, 2.45) is 0 Å². The van der Waals surface area contributed by atoms with Crippen LogP contribution in [-0.4, -0.2) is 34.1 Å². The molecule has 1 atom stereocenters. The van der Waals surface area contributed by atoms with Gasteiger partial charge in [-0.05, 0) is 19.3 Å². The molecule has 5 nitrogen and oxygen atoms in total. The summed E-state index contributed by atoms with van der Waals surface area (Å²) in [7, 11) is 0. The summed E-state index contributed by atoms with van der Waals surface area (Å²) in [5.41, 5.74) is 0.977. The lowest BCUT2D eigenvalue weighted by molar-refractivity contribution is -0.134. The summed E-state index contributed by atoms with van der Waals surface area (Å²) in [5.74, 6) is 0.864. The van der Waals surface area contributed by atoms with Gasteiger partial charge in [-0.2, -0.15) is 13.2 Å². The Kier molecular flexibility index (Phi) is 4.88. The molecule has 0 amide bonds. The molecule has 2 aromatic rings. The van der Waals surface area contributed by atoms with Gasteiger partial charge in [0.05, 0.1) is 6.20 Å². The Balaban J connectivity index is 1.66. The molecule has 1 aliphatic heterocycles. The summed E-state index contributed by atoms with van der Waals surface area (Å²) in [5, 5.41) is 3.44. The quantitative estimate of drug-likeness (QED) is 0.906. The molecule has 0 spiro atoms. The smallest absolute Gasteiger partial charge is 0.357 e. The SMILES string of the molecule is CCc1cc(N2CCCC(Nc3ncc(C(F)(F)F)s3)C2)ncn1. The number of nitrogens with one attached hydrogen (secondary N) is 1. The van der Waals surface area contributed by atoms with Crippen molar-refractivity contribution in [3.05, 3.63) is 29.2 Å². The van der Waals surface area contributed by atoms with E-state index in [0.717, 1.165) is 43.5 Å². The summed E-state index contributed by atoms with van der Waals surface area (Å²) in [6, 6.07) is 2.01. The molecular weight excluding hydrogens is 339 g/mol. The van der Waals surface area contributed by atoms with Gasteiger partial charge < -0.3 is 10.2 Å². The van der Waals surface area contributed by atoms with Crippen LogP contribution in [0, 0.1) is 0 Å². The highest BCUT2D eigenvalue weighted by Crippen LogP contribution is 2.35. The second-order valence-corrected chi connectivity index (χ2v) is 6.71. The molecular formula is C15H18F3N5S. The van der Waals surface area contributed by atoms with E-state index < -0.39 is 11.1 Å². The van der Waals surface area contributed by atoms with E-state index in [0.29, 0.717) is 23.0 Å². The molecule has 9 heteroatoms. The molecule has 0 radical (unpaired) electrons. The van der Waals surface area contributed by atoms with Crippen molar-refractivity contribution in [3.8, 4) is 0 Å². The van der Waals surface area contributed by atoms with Crippen LogP contribution in [0.3, 0.4) is 0 Å². The van der Waals surface area contributed by atoms with Crippen molar-refractivity contribution in [1.82, 2.24) is 15.0 Å². The third-order valence-corrected chi connectivity index (χ3v) is 4.90. The van der Waals surface area contributed by atoms with Crippen LogP contribution >= 0.6 is 11.3 Å². The molecule has 130 valence electrons. The zero-order chi connectivity index (χ0) is 17.2. The molecule has 0 bridgehead atoms. The van der Waals surface area contributed by atoms with Gasteiger partial charge in [0, 0.05) is 30.9 Å². The molecule has 2 aromatic heterocycles. The molecule has 0 aromatic carbocycles. The third-order valence-electron chi connectivity index (χ3n) is 3.93. The second kappa shape index (κ2) is 6.92. The first-order valence-corrected chi connectivity index (χ1v) is 8.63. The highest BCUT2D eigenvalue weighted by molar-refractivity contribution is 7.15. The van der Waals surface area contributed by atoms with Gasteiger partial charge in [0.15, 0.2) is 5.13 Å². The molecule has 1 saturated heterocycles. The van der Waals surface area contributed by atoms with E-state index in [-0.39, 0.29) is 6.04 Å². The van der Waals surface area contributed by atoms with Gasteiger partial charge in [-0.25, -0.2) is 15.0 Å². The number of hydrogen-bond acceptors (Lipinski definition) is 6. The fourth-order valence-corrected chi connectivity index (χ4v) is 3.46. The maximum absolute atomic E-state index is 12.7. The number of hydrogen-bond donors (Lipinski definition) is 1. The molecule has 1 unspecified atom stereocenters. The van der Waals surface area contributed by atoms with Crippen LogP contribution in [0.1, 0.15) is 30.3 Å². The summed E-state index contributed by atoms with van der Waals surface area (Å²) < 4.78 is 38.0. The summed E-state index contributed by atoms with van der Waals surface area (Å²) >= 11 is 0.645. The van der Waals surface area contributed by atoms with Crippen LogP contribution in [0.25, 0.3) is 0 Å². The predicted molar refractivity (Wildman–Crippen MR) is 87.4 cm³/mol. The standard InChI is InChI=1S/C15H18F3N5S/c1-2-10-6-13(21-9-20-10)23-5-3-4-11(8-23)22-14-19-7-12(24-14)15(16,17)18/h6-7,9,11H,2-5,8H2,1H3,(H,19,22). The first-order valence-electron chi connectivity index (χ1n) is 7.81. The van der Waals surface area contributed by atoms with E-state index in [1.54, 1.807) is 6.33 Å². The van der Waals surface area contributed by atoms with Gasteiger partial charge in [0.2, 0.25) is 0 Å². The van der Waals surface area contributed by atoms with E-state index in [9.17, 15) is 13.2 Å². The summed E-state index contributed by atoms with van der Waals surface area (Å²) in [6.45, 7) is 3.60. The number of thiazole rings is 1. The van der Waals surface area contributed by atoms with E-state index >= 15 is 0 Å². The molecule has 0 saturated carbocycles. The Labute approximate surface area is 142 Å². The number of aryl methyl sites for hydroxylation is 1. The van der Waals surface area contributed by atoms with Crippen molar-refractivity contribution in [2.45, 2.75) is 38.4 Å². The maximum atomic E-state index is 12.7. The third kappa shape index (κ3) is 3.95. The van der Waals surface area contributed by atoms with Crippen molar-refractivity contribution in [1.29, 1.82) is 0 Å². The number of piperidine rings is 1. The Morgan fingerprint density at radius 2 is 2.17 bits per heavy atom. The topological polar surface area (TPSA) is 53.9 Å². The molecule has 0 aliphatic carbocycles. The Bertz CT molecular complexity index is 688. The van der Waals surface area contributed by atoms with Crippen molar-refractivity contribution >= 4 is 22.3 Å². The maximum Gasteiger partial charge on any atom is 0.427 e. The van der Waals surface area contributed by atoms with Crippen molar-refractivity contribution in [3.63, 3.8) is 0 Å². The van der Waals surface area contributed by atoms with Crippen LogP contribution in [-0.2, 0) is 12.6 Å². The minimum Gasteiger partial charge on any atom is -0.357 e. The van der Waals surface area contributed by atoms with Crippen LogP contribution in [0.2, 0.25) is 0 Å².